The number of alkyl carbamates (subject to hydrolysis) is 1. The second-order valence-electron chi connectivity index (χ2n) is 11.0. The van der Waals surface area contributed by atoms with Crippen LogP contribution in [0.25, 0.3) is 11.1 Å². The van der Waals surface area contributed by atoms with E-state index in [0.717, 1.165) is 16.7 Å². The van der Waals surface area contributed by atoms with E-state index in [0.29, 0.717) is 32.6 Å². The normalized spacial score (nSPS) is 13.1. The molecular weight excluding hydrogens is 528 g/mol. The van der Waals surface area contributed by atoms with Crippen LogP contribution in [-0.4, -0.2) is 62.1 Å². The van der Waals surface area contributed by atoms with E-state index in [4.69, 9.17) is 14.2 Å². The molecule has 0 spiro atoms. The number of hydrogen-bond donors (Lipinski definition) is 1. The summed E-state index contributed by atoms with van der Waals surface area (Å²) >= 11 is 0. The van der Waals surface area contributed by atoms with E-state index in [9.17, 15) is 9.59 Å². The summed E-state index contributed by atoms with van der Waals surface area (Å²) in [7, 11) is 0. The molecule has 0 bridgehead atoms. The topological polar surface area (TPSA) is 77.1 Å². The second kappa shape index (κ2) is 15.5. The van der Waals surface area contributed by atoms with Crippen molar-refractivity contribution >= 4 is 12.0 Å². The Balaban J connectivity index is 1.46. The molecule has 0 unspecified atom stereocenters. The standard InChI is InChI=1S/C35H44N2O5/c1-5-40-33(41-6-2)23-37(21-20-26-14-8-7-9-15-26)34(38)32(22-25(3)4)36-35(39)42-24-31-29-18-12-10-16-27(29)28-17-11-13-19-30(28)31/h7-19,25,31-33H,5-6,20-24H2,1-4H3,(H,36,39)/t32-/m0/s1. The summed E-state index contributed by atoms with van der Waals surface area (Å²) in [5.74, 6) is -0.0427. The van der Waals surface area contributed by atoms with Gasteiger partial charge in [-0.3, -0.25) is 4.79 Å². The van der Waals surface area contributed by atoms with Crippen molar-refractivity contribution < 1.29 is 23.8 Å². The zero-order valence-corrected chi connectivity index (χ0v) is 25.3. The predicted molar refractivity (Wildman–Crippen MR) is 165 cm³/mol. The maximum atomic E-state index is 14.0. The van der Waals surface area contributed by atoms with Crippen molar-refractivity contribution in [2.75, 3.05) is 32.9 Å². The van der Waals surface area contributed by atoms with E-state index in [2.05, 4.69) is 29.6 Å². The summed E-state index contributed by atoms with van der Waals surface area (Å²) in [6.45, 7) is 9.77. The monoisotopic (exact) mass is 572 g/mol. The van der Waals surface area contributed by atoms with Gasteiger partial charge in [0.05, 0.1) is 6.54 Å². The fourth-order valence-corrected chi connectivity index (χ4v) is 5.60. The van der Waals surface area contributed by atoms with E-state index in [1.54, 1.807) is 4.90 Å². The maximum absolute atomic E-state index is 14.0. The Kier molecular flexibility index (Phi) is 11.6. The quantitative estimate of drug-likeness (QED) is 0.213. The fourth-order valence-electron chi connectivity index (χ4n) is 5.60. The van der Waals surface area contributed by atoms with Crippen LogP contribution in [0.15, 0.2) is 78.9 Å². The first-order valence-electron chi connectivity index (χ1n) is 15.1. The lowest BCUT2D eigenvalue weighted by Crippen LogP contribution is -2.52. The number of ether oxygens (including phenoxy) is 3. The molecule has 0 heterocycles. The Morgan fingerprint density at radius 3 is 1.98 bits per heavy atom. The molecule has 224 valence electrons. The van der Waals surface area contributed by atoms with Crippen molar-refractivity contribution in [3.8, 4) is 11.1 Å². The van der Waals surface area contributed by atoms with Gasteiger partial charge in [0.25, 0.3) is 0 Å². The molecule has 1 aliphatic carbocycles. The molecule has 0 aromatic heterocycles. The largest absolute Gasteiger partial charge is 0.449 e. The maximum Gasteiger partial charge on any atom is 0.407 e. The highest BCUT2D eigenvalue weighted by Crippen LogP contribution is 2.44. The Morgan fingerprint density at radius 2 is 1.40 bits per heavy atom. The first-order valence-corrected chi connectivity index (χ1v) is 15.1. The minimum absolute atomic E-state index is 0.0529. The van der Waals surface area contributed by atoms with Gasteiger partial charge in [0, 0.05) is 25.7 Å². The van der Waals surface area contributed by atoms with Gasteiger partial charge in [-0.2, -0.15) is 0 Å². The molecular formula is C35H44N2O5. The Hall–Kier alpha value is -3.68. The van der Waals surface area contributed by atoms with Gasteiger partial charge in [0.1, 0.15) is 12.6 Å². The fraction of sp³-hybridized carbons (Fsp3) is 0.429. The number of benzene rings is 3. The van der Waals surface area contributed by atoms with Gasteiger partial charge in [-0.1, -0.05) is 92.7 Å². The van der Waals surface area contributed by atoms with Crippen molar-refractivity contribution in [1.29, 1.82) is 0 Å². The van der Waals surface area contributed by atoms with Crippen LogP contribution < -0.4 is 5.32 Å². The van der Waals surface area contributed by atoms with Gasteiger partial charge in [-0.15, -0.1) is 0 Å². The third kappa shape index (κ3) is 8.20. The lowest BCUT2D eigenvalue weighted by Gasteiger charge is -2.31. The van der Waals surface area contributed by atoms with Crippen LogP contribution in [0.1, 0.15) is 56.7 Å². The highest BCUT2D eigenvalue weighted by molar-refractivity contribution is 5.86. The first-order chi connectivity index (χ1) is 20.4. The van der Waals surface area contributed by atoms with Crippen LogP contribution in [0.5, 0.6) is 0 Å². The summed E-state index contributed by atoms with van der Waals surface area (Å²) < 4.78 is 17.4. The van der Waals surface area contributed by atoms with Crippen LogP contribution in [0.4, 0.5) is 4.79 Å². The molecule has 0 radical (unpaired) electrons. The molecule has 7 nitrogen and oxygen atoms in total. The van der Waals surface area contributed by atoms with Gasteiger partial charge < -0.3 is 24.4 Å². The zero-order chi connectivity index (χ0) is 29.9. The summed E-state index contributed by atoms with van der Waals surface area (Å²) in [5.41, 5.74) is 5.76. The third-order valence-electron chi connectivity index (χ3n) is 7.54. The number of amides is 2. The molecule has 1 N–H and O–H groups in total. The molecule has 1 aliphatic rings. The lowest BCUT2D eigenvalue weighted by molar-refractivity contribution is -0.160. The van der Waals surface area contributed by atoms with Crippen molar-refractivity contribution in [2.24, 2.45) is 5.92 Å². The van der Waals surface area contributed by atoms with E-state index < -0.39 is 18.4 Å². The van der Waals surface area contributed by atoms with Crippen molar-refractivity contribution in [3.05, 3.63) is 95.6 Å². The molecule has 2 amide bonds. The van der Waals surface area contributed by atoms with Crippen LogP contribution >= 0.6 is 0 Å². The van der Waals surface area contributed by atoms with Gasteiger partial charge in [-0.05, 0) is 60.4 Å². The minimum atomic E-state index is -0.736. The number of rotatable bonds is 15. The van der Waals surface area contributed by atoms with E-state index in [-0.39, 0.29) is 30.9 Å². The highest BCUT2D eigenvalue weighted by Gasteiger charge is 2.32. The van der Waals surface area contributed by atoms with Crippen molar-refractivity contribution in [2.45, 2.75) is 58.8 Å². The summed E-state index contributed by atoms with van der Waals surface area (Å²) in [4.78, 5) is 29.0. The second-order valence-corrected chi connectivity index (χ2v) is 11.0. The number of carbonyl (C=O) groups excluding carboxylic acids is 2. The first kappa shape index (κ1) is 31.3. The minimum Gasteiger partial charge on any atom is -0.449 e. The van der Waals surface area contributed by atoms with Gasteiger partial charge >= 0.3 is 6.09 Å². The molecule has 7 heteroatoms. The number of hydrogen-bond acceptors (Lipinski definition) is 5. The molecule has 0 saturated carbocycles. The molecule has 42 heavy (non-hydrogen) atoms. The molecule has 0 aliphatic heterocycles. The van der Waals surface area contributed by atoms with E-state index in [1.165, 1.54) is 11.1 Å². The van der Waals surface area contributed by atoms with Crippen molar-refractivity contribution in [1.82, 2.24) is 10.2 Å². The zero-order valence-electron chi connectivity index (χ0n) is 25.3. The van der Waals surface area contributed by atoms with E-state index >= 15 is 0 Å². The molecule has 4 rings (SSSR count). The van der Waals surface area contributed by atoms with Gasteiger partial charge in [0.15, 0.2) is 6.29 Å². The number of carbonyl (C=O) groups is 2. The van der Waals surface area contributed by atoms with Gasteiger partial charge in [0.2, 0.25) is 5.91 Å². The molecule has 1 atom stereocenters. The number of nitrogens with zero attached hydrogens (tertiary/aromatic N) is 1. The average molecular weight is 573 g/mol. The molecule has 3 aromatic rings. The number of nitrogens with one attached hydrogen (secondary N) is 1. The molecule has 0 fully saturated rings. The Bertz CT molecular complexity index is 1240. The van der Waals surface area contributed by atoms with Gasteiger partial charge in [-0.25, -0.2) is 4.79 Å². The Labute approximate surface area is 250 Å². The van der Waals surface area contributed by atoms with E-state index in [1.807, 2.05) is 82.3 Å². The van der Waals surface area contributed by atoms with Crippen LogP contribution in [0.3, 0.4) is 0 Å². The lowest BCUT2D eigenvalue weighted by atomic mass is 9.98. The van der Waals surface area contributed by atoms with Crippen LogP contribution in [-0.2, 0) is 25.4 Å². The SMILES string of the molecule is CCOC(CN(CCc1ccccc1)C(=O)[C@H](CC(C)C)NC(=O)OCC1c2ccccc2-c2ccccc21)OCC. The predicted octanol–water partition coefficient (Wildman–Crippen LogP) is 6.41. The highest BCUT2D eigenvalue weighted by atomic mass is 16.7. The molecule has 3 aromatic carbocycles. The van der Waals surface area contributed by atoms with Crippen LogP contribution in [0.2, 0.25) is 0 Å². The van der Waals surface area contributed by atoms with Crippen molar-refractivity contribution in [3.63, 3.8) is 0 Å². The third-order valence-corrected chi connectivity index (χ3v) is 7.54. The summed E-state index contributed by atoms with van der Waals surface area (Å²) in [5, 5.41) is 2.90. The summed E-state index contributed by atoms with van der Waals surface area (Å²) in [6, 6.07) is 25.8. The average Bonchev–Trinajstić information content (AvgIpc) is 3.31. The van der Waals surface area contributed by atoms with Crippen LogP contribution in [0, 0.1) is 5.92 Å². The summed E-state index contributed by atoms with van der Waals surface area (Å²) in [6.07, 6.45) is 0.0225. The Morgan fingerprint density at radius 1 is 0.833 bits per heavy atom. The molecule has 0 saturated heterocycles. The smallest absolute Gasteiger partial charge is 0.407 e. The number of fused-ring (bicyclic) bond motifs is 3.